The minimum absolute atomic E-state index is 0.476. The van der Waals surface area contributed by atoms with Gasteiger partial charge in [-0.05, 0) is 39.5 Å². The van der Waals surface area contributed by atoms with Gasteiger partial charge in [0.15, 0.2) is 0 Å². The zero-order valence-corrected chi connectivity index (χ0v) is 12.0. The molecule has 0 radical (unpaired) electrons. The molecule has 0 aromatic heterocycles. The molecule has 0 saturated carbocycles. The fraction of sp³-hybridized carbons (Fsp3) is 0.250. The molecule has 1 aromatic carbocycles. The standard InChI is InChI=1S/C12H14N2S3/c1-8-9(2)14-12(8)16-17-15-11-7-5-4-6-10(11)13-3/h4-8,12,14H,2-3H2,1H3. The molecule has 2 rings (SSSR count). The molecule has 2 unspecified atom stereocenters. The molecule has 0 spiro atoms. The van der Waals surface area contributed by atoms with Crippen molar-refractivity contribution in [3.05, 3.63) is 36.5 Å². The van der Waals surface area contributed by atoms with Crippen LogP contribution < -0.4 is 5.32 Å². The second kappa shape index (κ2) is 5.89. The summed E-state index contributed by atoms with van der Waals surface area (Å²) in [7, 11) is 5.33. The molecule has 1 fully saturated rings. The molecule has 1 aliphatic heterocycles. The molecule has 0 aliphatic carbocycles. The molecule has 90 valence electrons. The van der Waals surface area contributed by atoms with Gasteiger partial charge >= 0.3 is 0 Å². The fourth-order valence-electron chi connectivity index (χ4n) is 1.39. The number of rotatable bonds is 5. The van der Waals surface area contributed by atoms with Crippen molar-refractivity contribution in [3.8, 4) is 0 Å². The first-order chi connectivity index (χ1) is 8.22. The van der Waals surface area contributed by atoms with Crippen LogP contribution in [0, 0.1) is 5.92 Å². The third-order valence-electron chi connectivity index (χ3n) is 2.63. The Morgan fingerprint density at radius 1 is 1.35 bits per heavy atom. The molecular weight excluding hydrogens is 268 g/mol. The van der Waals surface area contributed by atoms with Gasteiger partial charge in [-0.25, -0.2) is 0 Å². The summed E-state index contributed by atoms with van der Waals surface area (Å²) in [6.07, 6.45) is 0. The van der Waals surface area contributed by atoms with Gasteiger partial charge in [-0.15, -0.1) is 0 Å². The first kappa shape index (κ1) is 12.9. The van der Waals surface area contributed by atoms with E-state index in [-0.39, 0.29) is 0 Å². The topological polar surface area (TPSA) is 24.4 Å². The molecular formula is C12H14N2S3. The molecule has 1 aliphatic rings. The zero-order chi connectivity index (χ0) is 12.3. The zero-order valence-electron chi connectivity index (χ0n) is 9.55. The molecule has 2 atom stereocenters. The van der Waals surface area contributed by atoms with Crippen LogP contribution in [0.4, 0.5) is 5.69 Å². The van der Waals surface area contributed by atoms with E-state index >= 15 is 0 Å². The highest BCUT2D eigenvalue weighted by Crippen LogP contribution is 2.48. The molecule has 0 bridgehead atoms. The van der Waals surface area contributed by atoms with E-state index in [1.807, 2.05) is 29.0 Å². The summed E-state index contributed by atoms with van der Waals surface area (Å²) in [6, 6.07) is 8.05. The minimum Gasteiger partial charge on any atom is -0.375 e. The van der Waals surface area contributed by atoms with Gasteiger partial charge in [0, 0.05) is 16.5 Å². The minimum atomic E-state index is 0.476. The molecule has 5 heteroatoms. The van der Waals surface area contributed by atoms with Crippen LogP contribution in [0.1, 0.15) is 6.92 Å². The van der Waals surface area contributed by atoms with Gasteiger partial charge < -0.3 is 5.32 Å². The van der Waals surface area contributed by atoms with Crippen LogP contribution in [0.25, 0.3) is 0 Å². The Morgan fingerprint density at radius 2 is 2.12 bits per heavy atom. The first-order valence-electron chi connectivity index (χ1n) is 5.23. The van der Waals surface area contributed by atoms with Gasteiger partial charge in [0.1, 0.15) is 0 Å². The fourth-order valence-corrected chi connectivity index (χ4v) is 5.90. The molecule has 1 saturated heterocycles. The van der Waals surface area contributed by atoms with Gasteiger partial charge in [0.05, 0.1) is 11.1 Å². The lowest BCUT2D eigenvalue weighted by molar-refractivity contribution is 0.438. The quantitative estimate of drug-likeness (QED) is 0.635. The maximum absolute atomic E-state index is 4.01. The number of nitrogens with zero attached hydrogens (tertiary/aromatic N) is 1. The first-order valence-corrected chi connectivity index (χ1v) is 8.78. The maximum Gasteiger partial charge on any atom is 0.0910 e. The van der Waals surface area contributed by atoms with Crippen LogP contribution in [0.5, 0.6) is 0 Å². The smallest absolute Gasteiger partial charge is 0.0910 e. The van der Waals surface area contributed by atoms with E-state index in [0.29, 0.717) is 11.3 Å². The lowest BCUT2D eigenvalue weighted by Gasteiger charge is -2.37. The average molecular weight is 282 g/mol. The van der Waals surface area contributed by atoms with Gasteiger partial charge in [-0.3, -0.25) is 4.99 Å². The molecule has 0 amide bonds. The van der Waals surface area contributed by atoms with Crippen LogP contribution in [0.15, 0.2) is 46.4 Å². The van der Waals surface area contributed by atoms with Crippen molar-refractivity contribution in [2.24, 2.45) is 10.9 Å². The monoisotopic (exact) mass is 282 g/mol. The second-order valence-electron chi connectivity index (χ2n) is 3.75. The van der Waals surface area contributed by atoms with Crippen LogP contribution in [0.3, 0.4) is 0 Å². The van der Waals surface area contributed by atoms with E-state index in [9.17, 15) is 0 Å². The van der Waals surface area contributed by atoms with E-state index < -0.39 is 0 Å². The Bertz CT molecular complexity index is 434. The Labute approximate surface area is 114 Å². The van der Waals surface area contributed by atoms with Crippen molar-refractivity contribution in [3.63, 3.8) is 0 Å². The van der Waals surface area contributed by atoms with Gasteiger partial charge in [0.2, 0.25) is 0 Å². The van der Waals surface area contributed by atoms with Crippen molar-refractivity contribution in [2.45, 2.75) is 17.2 Å². The number of nitrogens with one attached hydrogen (secondary N) is 1. The number of para-hydroxylation sites is 1. The summed E-state index contributed by atoms with van der Waals surface area (Å²) < 4.78 is 0. The summed E-state index contributed by atoms with van der Waals surface area (Å²) in [4.78, 5) is 5.16. The lowest BCUT2D eigenvalue weighted by Crippen LogP contribution is -2.45. The summed E-state index contributed by atoms with van der Waals surface area (Å²) in [5.41, 5.74) is 2.09. The van der Waals surface area contributed by atoms with Gasteiger partial charge in [0.25, 0.3) is 0 Å². The van der Waals surface area contributed by atoms with E-state index in [4.69, 9.17) is 0 Å². The predicted octanol–water partition coefficient (Wildman–Crippen LogP) is 4.49. The Balaban J connectivity index is 1.82. The molecule has 1 aromatic rings. The molecule has 2 nitrogen and oxygen atoms in total. The van der Waals surface area contributed by atoms with Crippen molar-refractivity contribution in [1.82, 2.24) is 5.32 Å². The third-order valence-corrected chi connectivity index (χ3v) is 6.96. The molecule has 17 heavy (non-hydrogen) atoms. The van der Waals surface area contributed by atoms with Gasteiger partial charge in [-0.2, -0.15) is 0 Å². The van der Waals surface area contributed by atoms with E-state index in [0.717, 1.165) is 16.3 Å². The van der Waals surface area contributed by atoms with Crippen LogP contribution in [0.2, 0.25) is 0 Å². The van der Waals surface area contributed by atoms with Crippen LogP contribution in [-0.2, 0) is 0 Å². The van der Waals surface area contributed by atoms with Gasteiger partial charge in [-0.1, -0.05) is 36.4 Å². The van der Waals surface area contributed by atoms with Crippen molar-refractivity contribution in [2.75, 3.05) is 0 Å². The van der Waals surface area contributed by atoms with E-state index in [2.05, 4.69) is 36.6 Å². The highest BCUT2D eigenvalue weighted by atomic mass is 33.5. The number of hydrogen-bond donors (Lipinski definition) is 1. The second-order valence-corrected chi connectivity index (χ2v) is 7.91. The summed E-state index contributed by atoms with van der Waals surface area (Å²) >= 11 is 0. The van der Waals surface area contributed by atoms with Crippen molar-refractivity contribution < 1.29 is 0 Å². The SMILES string of the molecule is C=Nc1ccccc1SSSC1NC(=C)C1C. The lowest BCUT2D eigenvalue weighted by atomic mass is 10.0. The Morgan fingerprint density at radius 3 is 2.76 bits per heavy atom. The number of aliphatic imine (C=N–C) groups is 1. The third kappa shape index (κ3) is 3.03. The van der Waals surface area contributed by atoms with Crippen molar-refractivity contribution in [1.29, 1.82) is 0 Å². The summed E-state index contributed by atoms with van der Waals surface area (Å²) in [6.45, 7) is 9.70. The van der Waals surface area contributed by atoms with Crippen molar-refractivity contribution >= 4 is 43.8 Å². The largest absolute Gasteiger partial charge is 0.375 e. The number of benzene rings is 1. The summed E-state index contributed by atoms with van der Waals surface area (Å²) in [5, 5.41) is 3.78. The number of hydrogen-bond acceptors (Lipinski definition) is 5. The maximum atomic E-state index is 4.01. The highest BCUT2D eigenvalue weighted by Gasteiger charge is 2.30. The molecule has 1 heterocycles. The summed E-state index contributed by atoms with van der Waals surface area (Å²) in [5.74, 6) is 0.556. The van der Waals surface area contributed by atoms with Crippen LogP contribution >= 0.6 is 31.4 Å². The highest BCUT2D eigenvalue weighted by molar-refractivity contribution is 9.09. The average Bonchev–Trinajstić information content (AvgIpc) is 2.38. The van der Waals surface area contributed by atoms with E-state index in [1.165, 1.54) is 0 Å². The van der Waals surface area contributed by atoms with E-state index in [1.54, 1.807) is 20.6 Å². The Hall–Kier alpha value is -0.520. The van der Waals surface area contributed by atoms with Crippen LogP contribution in [-0.4, -0.2) is 12.1 Å². The molecule has 1 N–H and O–H groups in total. The predicted molar refractivity (Wildman–Crippen MR) is 81.9 cm³/mol. The normalized spacial score (nSPS) is 22.8. The Kier molecular flexibility index (Phi) is 4.48.